The van der Waals surface area contributed by atoms with Gasteiger partial charge >= 0.3 is 0 Å². The highest BCUT2D eigenvalue weighted by molar-refractivity contribution is 8.01. The maximum atomic E-state index is 11.9. The van der Waals surface area contributed by atoms with Crippen molar-refractivity contribution in [3.63, 3.8) is 0 Å². The fraction of sp³-hybridized carbons (Fsp3) is 0.214. The number of thioether (sulfide) groups is 1. The normalized spacial score (nSPS) is 10.1. The Morgan fingerprint density at radius 1 is 1.43 bits per heavy atom. The van der Waals surface area contributed by atoms with Gasteiger partial charge in [0.05, 0.1) is 13.5 Å². The molecular formula is C14H15N3O2S2. The Kier molecular flexibility index (Phi) is 5.77. The quantitative estimate of drug-likeness (QED) is 0.482. The van der Waals surface area contributed by atoms with E-state index in [9.17, 15) is 4.79 Å². The summed E-state index contributed by atoms with van der Waals surface area (Å²) in [5, 5.41) is 11.2. The molecule has 0 saturated carbocycles. The van der Waals surface area contributed by atoms with Crippen molar-refractivity contribution in [3.8, 4) is 5.75 Å². The van der Waals surface area contributed by atoms with Crippen LogP contribution in [-0.2, 0) is 11.2 Å². The van der Waals surface area contributed by atoms with Gasteiger partial charge in [-0.2, -0.15) is 0 Å². The molecule has 0 bridgehead atoms. The van der Waals surface area contributed by atoms with Crippen LogP contribution in [-0.4, -0.2) is 29.0 Å². The number of ether oxygens (including phenoxy) is 1. The number of hydrogen-bond acceptors (Lipinski definition) is 6. The maximum absolute atomic E-state index is 11.9. The SMILES string of the molecule is C=CCSc1nnc(NC(=O)Cc2ccc(OC)cc2)s1. The van der Waals surface area contributed by atoms with E-state index in [-0.39, 0.29) is 5.91 Å². The van der Waals surface area contributed by atoms with Crippen LogP contribution in [0.1, 0.15) is 5.56 Å². The summed E-state index contributed by atoms with van der Waals surface area (Å²) >= 11 is 2.90. The number of amides is 1. The van der Waals surface area contributed by atoms with E-state index in [1.54, 1.807) is 13.2 Å². The molecule has 0 unspecified atom stereocenters. The van der Waals surface area contributed by atoms with Crippen LogP contribution in [0, 0.1) is 0 Å². The second-order valence-corrected chi connectivity index (χ2v) is 6.29. The van der Waals surface area contributed by atoms with Crippen LogP contribution in [0.2, 0.25) is 0 Å². The second-order valence-electron chi connectivity index (χ2n) is 4.05. The predicted molar refractivity (Wildman–Crippen MR) is 86.2 cm³/mol. The topological polar surface area (TPSA) is 64.1 Å². The van der Waals surface area contributed by atoms with Gasteiger partial charge in [-0.25, -0.2) is 0 Å². The summed E-state index contributed by atoms with van der Waals surface area (Å²) in [7, 11) is 1.61. The number of carbonyl (C=O) groups is 1. The fourth-order valence-corrected chi connectivity index (χ4v) is 3.07. The van der Waals surface area contributed by atoms with Crippen LogP contribution in [0.5, 0.6) is 5.75 Å². The first-order valence-corrected chi connectivity index (χ1v) is 8.01. The zero-order valence-electron chi connectivity index (χ0n) is 11.5. The minimum atomic E-state index is -0.114. The molecule has 2 rings (SSSR count). The average molecular weight is 321 g/mol. The van der Waals surface area contributed by atoms with Gasteiger partial charge in [0.25, 0.3) is 0 Å². The molecule has 0 aliphatic rings. The Morgan fingerprint density at radius 3 is 2.86 bits per heavy atom. The molecule has 1 aromatic heterocycles. The highest BCUT2D eigenvalue weighted by atomic mass is 32.2. The van der Waals surface area contributed by atoms with E-state index in [0.29, 0.717) is 11.6 Å². The molecule has 21 heavy (non-hydrogen) atoms. The Bertz CT molecular complexity index is 611. The van der Waals surface area contributed by atoms with Crippen molar-refractivity contribution in [1.82, 2.24) is 10.2 Å². The molecule has 110 valence electrons. The summed E-state index contributed by atoms with van der Waals surface area (Å²) in [5.74, 6) is 1.43. The second kappa shape index (κ2) is 7.80. The third kappa shape index (κ3) is 4.87. The number of benzene rings is 1. The van der Waals surface area contributed by atoms with Crippen LogP contribution in [0.3, 0.4) is 0 Å². The van der Waals surface area contributed by atoms with Crippen LogP contribution < -0.4 is 10.1 Å². The maximum Gasteiger partial charge on any atom is 0.230 e. The lowest BCUT2D eigenvalue weighted by atomic mass is 10.1. The summed E-state index contributed by atoms with van der Waals surface area (Å²) in [6.45, 7) is 3.65. The van der Waals surface area contributed by atoms with E-state index in [1.807, 2.05) is 24.3 Å². The van der Waals surface area contributed by atoms with Crippen LogP contribution in [0.4, 0.5) is 5.13 Å². The Hall–Kier alpha value is -1.86. The molecule has 0 aliphatic heterocycles. The molecule has 0 spiro atoms. The van der Waals surface area contributed by atoms with Crippen LogP contribution >= 0.6 is 23.1 Å². The van der Waals surface area contributed by atoms with Gasteiger partial charge in [-0.15, -0.1) is 16.8 Å². The minimum Gasteiger partial charge on any atom is -0.497 e. The molecule has 1 aromatic carbocycles. The van der Waals surface area contributed by atoms with Gasteiger partial charge in [-0.05, 0) is 17.7 Å². The first kappa shape index (κ1) is 15.5. The Morgan fingerprint density at radius 2 is 2.19 bits per heavy atom. The van der Waals surface area contributed by atoms with Crippen molar-refractivity contribution in [2.75, 3.05) is 18.2 Å². The number of aromatic nitrogens is 2. The molecule has 1 N–H and O–H groups in total. The van der Waals surface area contributed by atoms with Gasteiger partial charge in [-0.3, -0.25) is 4.79 Å². The van der Waals surface area contributed by atoms with Crippen molar-refractivity contribution in [2.24, 2.45) is 0 Å². The zero-order valence-corrected chi connectivity index (χ0v) is 13.2. The lowest BCUT2D eigenvalue weighted by molar-refractivity contribution is -0.115. The molecule has 5 nitrogen and oxygen atoms in total. The third-order valence-corrected chi connectivity index (χ3v) is 4.47. The molecule has 2 aromatic rings. The van der Waals surface area contributed by atoms with Crippen molar-refractivity contribution in [1.29, 1.82) is 0 Å². The molecule has 7 heteroatoms. The number of nitrogens with zero attached hydrogens (tertiary/aromatic N) is 2. The number of anilines is 1. The molecule has 1 heterocycles. The highest BCUT2D eigenvalue weighted by Gasteiger charge is 2.09. The summed E-state index contributed by atoms with van der Waals surface area (Å²) < 4.78 is 5.89. The van der Waals surface area contributed by atoms with E-state index >= 15 is 0 Å². The standard InChI is InChI=1S/C14H15N3O2S2/c1-3-8-20-14-17-16-13(21-14)15-12(18)9-10-4-6-11(19-2)7-5-10/h3-7H,1,8-9H2,2H3,(H,15,16,18). The molecule has 0 atom stereocenters. The molecule has 0 saturated heterocycles. The molecule has 0 radical (unpaired) electrons. The summed E-state index contributed by atoms with van der Waals surface area (Å²) in [5.41, 5.74) is 0.916. The number of rotatable bonds is 7. The molecule has 1 amide bonds. The minimum absolute atomic E-state index is 0.114. The smallest absolute Gasteiger partial charge is 0.230 e. The first-order chi connectivity index (χ1) is 10.2. The number of methoxy groups -OCH3 is 1. The highest BCUT2D eigenvalue weighted by Crippen LogP contribution is 2.25. The van der Waals surface area contributed by atoms with Crippen molar-refractivity contribution in [2.45, 2.75) is 10.8 Å². The van der Waals surface area contributed by atoms with Crippen LogP contribution in [0.15, 0.2) is 41.3 Å². The summed E-state index contributed by atoms with van der Waals surface area (Å²) in [6, 6.07) is 7.39. The molecule has 0 aliphatic carbocycles. The van der Waals surface area contributed by atoms with Crippen molar-refractivity contribution < 1.29 is 9.53 Å². The first-order valence-electron chi connectivity index (χ1n) is 6.21. The van der Waals surface area contributed by atoms with E-state index in [1.165, 1.54) is 23.1 Å². The van der Waals surface area contributed by atoms with Gasteiger partial charge < -0.3 is 10.1 Å². The fourth-order valence-electron chi connectivity index (χ4n) is 1.54. The lowest BCUT2D eigenvalue weighted by Crippen LogP contribution is -2.14. The van der Waals surface area contributed by atoms with Gasteiger partial charge in [0.1, 0.15) is 5.75 Å². The average Bonchev–Trinajstić information content (AvgIpc) is 2.93. The zero-order chi connectivity index (χ0) is 15.1. The van der Waals surface area contributed by atoms with E-state index in [2.05, 4.69) is 22.1 Å². The molecule has 0 fully saturated rings. The summed E-state index contributed by atoms with van der Waals surface area (Å²) in [4.78, 5) is 11.9. The van der Waals surface area contributed by atoms with Gasteiger partial charge in [0.15, 0.2) is 4.34 Å². The lowest BCUT2D eigenvalue weighted by Gasteiger charge is -2.03. The molecular weight excluding hydrogens is 306 g/mol. The van der Waals surface area contributed by atoms with Crippen LogP contribution in [0.25, 0.3) is 0 Å². The van der Waals surface area contributed by atoms with Crippen molar-refractivity contribution >= 4 is 34.1 Å². The van der Waals surface area contributed by atoms with Crippen molar-refractivity contribution in [3.05, 3.63) is 42.5 Å². The van der Waals surface area contributed by atoms with E-state index in [4.69, 9.17) is 4.74 Å². The van der Waals surface area contributed by atoms with E-state index in [0.717, 1.165) is 21.4 Å². The third-order valence-electron chi connectivity index (χ3n) is 2.50. The number of hydrogen-bond donors (Lipinski definition) is 1. The Labute approximate surface area is 131 Å². The van der Waals surface area contributed by atoms with Gasteiger partial charge in [0.2, 0.25) is 11.0 Å². The Balaban J connectivity index is 1.88. The monoisotopic (exact) mass is 321 g/mol. The van der Waals surface area contributed by atoms with E-state index < -0.39 is 0 Å². The van der Waals surface area contributed by atoms with Gasteiger partial charge in [0, 0.05) is 5.75 Å². The number of carbonyl (C=O) groups excluding carboxylic acids is 1. The largest absolute Gasteiger partial charge is 0.497 e. The number of nitrogens with one attached hydrogen (secondary N) is 1. The van der Waals surface area contributed by atoms with Gasteiger partial charge in [-0.1, -0.05) is 41.3 Å². The predicted octanol–water partition coefficient (Wildman–Crippen LogP) is 3.01. The summed E-state index contributed by atoms with van der Waals surface area (Å²) in [6.07, 6.45) is 2.09.